The lowest BCUT2D eigenvalue weighted by Crippen LogP contribution is -2.31. The molecule has 74 valence electrons. The van der Waals surface area contributed by atoms with Crippen molar-refractivity contribution in [1.82, 2.24) is 4.90 Å². The van der Waals surface area contributed by atoms with E-state index in [1.807, 2.05) is 6.92 Å². The number of carbonyl (C=O) groups is 1. The summed E-state index contributed by atoms with van der Waals surface area (Å²) in [6, 6.07) is 1.62. The van der Waals surface area contributed by atoms with Crippen LogP contribution in [0.5, 0.6) is 0 Å². The van der Waals surface area contributed by atoms with E-state index in [1.54, 1.807) is 11.0 Å². The standard InChI is InChI=1S/C10H10BrNO2/c1-3-6-12(4-2)10(13)8-5-7-14-9(8)11/h1,5,7H,4,6H2,2H3. The molecule has 0 radical (unpaired) electrons. The van der Waals surface area contributed by atoms with Crippen LogP contribution in [0.1, 0.15) is 17.3 Å². The van der Waals surface area contributed by atoms with Crippen molar-refractivity contribution in [2.75, 3.05) is 13.1 Å². The number of nitrogens with zero attached hydrogens (tertiary/aromatic N) is 1. The van der Waals surface area contributed by atoms with Gasteiger partial charge in [0.25, 0.3) is 5.91 Å². The van der Waals surface area contributed by atoms with E-state index in [4.69, 9.17) is 10.8 Å². The Hall–Kier alpha value is -1.21. The van der Waals surface area contributed by atoms with E-state index in [0.29, 0.717) is 23.3 Å². The highest BCUT2D eigenvalue weighted by molar-refractivity contribution is 9.10. The maximum atomic E-state index is 11.8. The highest BCUT2D eigenvalue weighted by atomic mass is 79.9. The van der Waals surface area contributed by atoms with Gasteiger partial charge in [-0.05, 0) is 28.9 Å². The average molecular weight is 256 g/mol. The van der Waals surface area contributed by atoms with Crippen LogP contribution in [0.15, 0.2) is 21.4 Å². The Morgan fingerprint density at radius 3 is 2.93 bits per heavy atom. The molecule has 0 saturated heterocycles. The highest BCUT2D eigenvalue weighted by Gasteiger charge is 2.17. The smallest absolute Gasteiger partial charge is 0.259 e. The third-order valence-corrected chi connectivity index (χ3v) is 2.41. The Kier molecular flexibility index (Phi) is 3.78. The first-order chi connectivity index (χ1) is 6.70. The second-order valence-corrected chi connectivity index (χ2v) is 3.35. The zero-order chi connectivity index (χ0) is 10.6. The summed E-state index contributed by atoms with van der Waals surface area (Å²) in [6.45, 7) is 2.77. The van der Waals surface area contributed by atoms with Gasteiger partial charge in [0.2, 0.25) is 0 Å². The third-order valence-electron chi connectivity index (χ3n) is 1.80. The second kappa shape index (κ2) is 4.87. The monoisotopic (exact) mass is 255 g/mol. The summed E-state index contributed by atoms with van der Waals surface area (Å²) < 4.78 is 5.42. The molecule has 1 aromatic heterocycles. The Labute approximate surface area is 91.2 Å². The van der Waals surface area contributed by atoms with Crippen LogP contribution in [0.3, 0.4) is 0 Å². The molecule has 0 atom stereocenters. The van der Waals surface area contributed by atoms with E-state index in [9.17, 15) is 4.79 Å². The van der Waals surface area contributed by atoms with E-state index in [0.717, 1.165) is 0 Å². The second-order valence-electron chi connectivity index (χ2n) is 2.63. The Morgan fingerprint density at radius 2 is 2.50 bits per heavy atom. The van der Waals surface area contributed by atoms with Crippen LogP contribution < -0.4 is 0 Å². The first-order valence-electron chi connectivity index (χ1n) is 4.16. The zero-order valence-corrected chi connectivity index (χ0v) is 9.37. The van der Waals surface area contributed by atoms with Crippen LogP contribution in [-0.4, -0.2) is 23.9 Å². The molecule has 1 heterocycles. The highest BCUT2D eigenvalue weighted by Crippen LogP contribution is 2.19. The number of halogens is 1. The Bertz CT molecular complexity index is 364. The maximum Gasteiger partial charge on any atom is 0.259 e. The first-order valence-corrected chi connectivity index (χ1v) is 4.95. The fraction of sp³-hybridized carbons (Fsp3) is 0.300. The molecule has 14 heavy (non-hydrogen) atoms. The van der Waals surface area contributed by atoms with Crippen molar-refractivity contribution in [2.24, 2.45) is 0 Å². The van der Waals surface area contributed by atoms with E-state index < -0.39 is 0 Å². The molecule has 1 amide bonds. The fourth-order valence-corrected chi connectivity index (χ4v) is 1.46. The molecule has 0 aliphatic heterocycles. The molecule has 4 heteroatoms. The van der Waals surface area contributed by atoms with Gasteiger partial charge in [0.15, 0.2) is 4.67 Å². The van der Waals surface area contributed by atoms with E-state index in [-0.39, 0.29) is 5.91 Å². The lowest BCUT2D eigenvalue weighted by molar-refractivity contribution is 0.0783. The van der Waals surface area contributed by atoms with Crippen LogP contribution in [-0.2, 0) is 0 Å². The van der Waals surface area contributed by atoms with Gasteiger partial charge in [-0.1, -0.05) is 5.92 Å². The quantitative estimate of drug-likeness (QED) is 0.776. The molecular weight excluding hydrogens is 246 g/mol. The number of hydrogen-bond acceptors (Lipinski definition) is 2. The molecular formula is C10H10BrNO2. The van der Waals surface area contributed by atoms with Crippen molar-refractivity contribution in [2.45, 2.75) is 6.92 Å². The van der Waals surface area contributed by atoms with Crippen molar-refractivity contribution >= 4 is 21.8 Å². The zero-order valence-electron chi connectivity index (χ0n) is 7.79. The molecule has 0 aliphatic rings. The summed E-state index contributed by atoms with van der Waals surface area (Å²) in [7, 11) is 0. The number of rotatable bonds is 3. The number of furan rings is 1. The third kappa shape index (κ3) is 2.18. The summed E-state index contributed by atoms with van der Waals surface area (Å²) in [5.74, 6) is 2.32. The van der Waals surface area contributed by atoms with E-state index in [2.05, 4.69) is 21.9 Å². The van der Waals surface area contributed by atoms with Gasteiger partial charge in [-0.2, -0.15) is 0 Å². The summed E-state index contributed by atoms with van der Waals surface area (Å²) in [5, 5.41) is 0. The molecule has 1 aromatic rings. The molecule has 0 spiro atoms. The van der Waals surface area contributed by atoms with Gasteiger partial charge in [-0.3, -0.25) is 4.79 Å². The Morgan fingerprint density at radius 1 is 1.79 bits per heavy atom. The van der Waals surface area contributed by atoms with Crippen LogP contribution >= 0.6 is 15.9 Å². The minimum absolute atomic E-state index is 0.119. The minimum Gasteiger partial charge on any atom is -0.457 e. The van der Waals surface area contributed by atoms with Gasteiger partial charge in [-0.25, -0.2) is 0 Å². The van der Waals surface area contributed by atoms with Crippen LogP contribution in [0.4, 0.5) is 0 Å². The van der Waals surface area contributed by atoms with Gasteiger partial charge in [0.05, 0.1) is 18.4 Å². The Balaban J connectivity index is 2.84. The summed E-state index contributed by atoms with van der Waals surface area (Å²) in [5.41, 5.74) is 0.502. The normalized spacial score (nSPS) is 9.50. The van der Waals surface area contributed by atoms with Crippen molar-refractivity contribution in [3.8, 4) is 12.3 Å². The van der Waals surface area contributed by atoms with E-state index >= 15 is 0 Å². The molecule has 0 fully saturated rings. The van der Waals surface area contributed by atoms with Crippen LogP contribution in [0, 0.1) is 12.3 Å². The van der Waals surface area contributed by atoms with Crippen molar-refractivity contribution in [1.29, 1.82) is 0 Å². The molecule has 3 nitrogen and oxygen atoms in total. The molecule has 0 aliphatic carbocycles. The topological polar surface area (TPSA) is 33.5 Å². The largest absolute Gasteiger partial charge is 0.457 e. The van der Waals surface area contributed by atoms with Gasteiger partial charge < -0.3 is 9.32 Å². The number of terminal acetylenes is 1. The molecule has 0 bridgehead atoms. The lowest BCUT2D eigenvalue weighted by Gasteiger charge is -2.16. The first kappa shape index (κ1) is 10.9. The van der Waals surface area contributed by atoms with Crippen LogP contribution in [0.2, 0.25) is 0 Å². The van der Waals surface area contributed by atoms with Crippen LogP contribution in [0.25, 0.3) is 0 Å². The predicted octanol–water partition coefficient (Wildman–Crippen LogP) is 2.14. The number of amides is 1. The fourth-order valence-electron chi connectivity index (χ4n) is 1.05. The van der Waals surface area contributed by atoms with Crippen molar-refractivity contribution < 1.29 is 9.21 Å². The SMILES string of the molecule is C#CCN(CC)C(=O)c1ccoc1Br. The van der Waals surface area contributed by atoms with Gasteiger partial charge in [0.1, 0.15) is 0 Å². The predicted molar refractivity (Wildman–Crippen MR) is 56.8 cm³/mol. The minimum atomic E-state index is -0.119. The lowest BCUT2D eigenvalue weighted by atomic mass is 10.3. The summed E-state index contributed by atoms with van der Waals surface area (Å²) in [6.07, 6.45) is 6.61. The molecule has 0 N–H and O–H groups in total. The summed E-state index contributed by atoms with van der Waals surface area (Å²) >= 11 is 3.15. The molecule has 0 saturated carbocycles. The number of carbonyl (C=O) groups excluding carboxylic acids is 1. The van der Waals surface area contributed by atoms with E-state index in [1.165, 1.54) is 6.26 Å². The summed E-state index contributed by atoms with van der Waals surface area (Å²) in [4.78, 5) is 13.4. The van der Waals surface area contributed by atoms with Crippen molar-refractivity contribution in [3.05, 3.63) is 22.6 Å². The molecule has 0 aromatic carbocycles. The molecule has 1 rings (SSSR count). The average Bonchev–Trinajstić information content (AvgIpc) is 2.59. The van der Waals surface area contributed by atoms with Gasteiger partial charge in [0, 0.05) is 6.54 Å². The number of hydrogen-bond donors (Lipinski definition) is 0. The van der Waals surface area contributed by atoms with Crippen molar-refractivity contribution in [3.63, 3.8) is 0 Å². The maximum absolute atomic E-state index is 11.8. The van der Waals surface area contributed by atoms with Gasteiger partial charge in [-0.15, -0.1) is 6.42 Å². The van der Waals surface area contributed by atoms with Gasteiger partial charge >= 0.3 is 0 Å². The molecule has 0 unspecified atom stereocenters.